The van der Waals surface area contributed by atoms with Crippen LogP contribution in [0.1, 0.15) is 27.5 Å². The highest BCUT2D eigenvalue weighted by Crippen LogP contribution is 2.23. The molecule has 0 aliphatic carbocycles. The number of rotatable bonds is 5. The molecule has 4 nitrogen and oxygen atoms in total. The number of ketones is 1. The van der Waals surface area contributed by atoms with E-state index in [2.05, 4.69) is 10.5 Å². The summed E-state index contributed by atoms with van der Waals surface area (Å²) in [5, 5.41) is 4.20. The zero-order valence-electron chi connectivity index (χ0n) is 12.3. The van der Waals surface area contributed by atoms with Gasteiger partial charge < -0.3 is 0 Å². The van der Waals surface area contributed by atoms with Gasteiger partial charge in [0, 0.05) is 11.8 Å². The van der Waals surface area contributed by atoms with Crippen molar-refractivity contribution >= 4 is 23.9 Å². The molecule has 0 saturated carbocycles. The lowest BCUT2D eigenvalue weighted by molar-refractivity contribution is 0.0913. The highest BCUT2D eigenvalue weighted by molar-refractivity contribution is 7.97. The molecule has 0 radical (unpaired) electrons. The van der Waals surface area contributed by atoms with Gasteiger partial charge >= 0.3 is 0 Å². The zero-order valence-corrected chi connectivity index (χ0v) is 13.1. The number of Topliss-reactive ketones (excluding diaryl/α,β-unsaturated/α-hetero) is 1. The Labute approximate surface area is 134 Å². The van der Waals surface area contributed by atoms with E-state index in [9.17, 15) is 4.79 Å². The molecule has 1 unspecified atom stereocenters. The summed E-state index contributed by atoms with van der Waals surface area (Å²) < 4.78 is 1.66. The van der Waals surface area contributed by atoms with Crippen molar-refractivity contribution in [2.45, 2.75) is 13.0 Å². The summed E-state index contributed by atoms with van der Waals surface area (Å²) in [6.45, 7) is 1.99. The largest absolute Gasteiger partial charge is 0.292 e. The van der Waals surface area contributed by atoms with Gasteiger partial charge in [0.15, 0.2) is 5.78 Å². The van der Waals surface area contributed by atoms with Crippen LogP contribution in [-0.4, -0.2) is 22.3 Å². The minimum Gasteiger partial charge on any atom is -0.292 e. The Morgan fingerprint density at radius 1 is 1.23 bits per heavy atom. The van der Waals surface area contributed by atoms with Crippen LogP contribution in [0.2, 0.25) is 0 Å². The third-order valence-corrected chi connectivity index (χ3v) is 4.14. The Bertz CT molecular complexity index is 687. The topological polar surface area (TPSA) is 44.7 Å². The predicted octanol–water partition coefficient (Wildman–Crippen LogP) is 3.37. The minimum absolute atomic E-state index is 0.0394. The van der Waals surface area contributed by atoms with Gasteiger partial charge in [-0.25, -0.2) is 0 Å². The number of hydrazone groups is 1. The molecule has 0 fully saturated rings. The van der Waals surface area contributed by atoms with Crippen LogP contribution in [0, 0.1) is 6.92 Å². The summed E-state index contributed by atoms with van der Waals surface area (Å²) in [6, 6.07) is 16.9. The van der Waals surface area contributed by atoms with Gasteiger partial charge in [-0.1, -0.05) is 54.1 Å². The maximum Gasteiger partial charge on any atom is 0.186 e. The Kier molecular flexibility index (Phi) is 4.56. The lowest BCUT2D eigenvalue weighted by atomic mass is 9.97. The summed E-state index contributed by atoms with van der Waals surface area (Å²) in [5.41, 5.74) is 5.90. The second-order valence-electron chi connectivity index (χ2n) is 5.07. The zero-order chi connectivity index (χ0) is 15.4. The molecule has 2 aromatic carbocycles. The first-order chi connectivity index (χ1) is 10.7. The molecule has 112 valence electrons. The fraction of sp³-hybridized carbons (Fsp3) is 0.176. The molecule has 0 aromatic heterocycles. The Morgan fingerprint density at radius 2 is 2.05 bits per heavy atom. The van der Waals surface area contributed by atoms with Crippen LogP contribution in [0.3, 0.4) is 0 Å². The van der Waals surface area contributed by atoms with Crippen molar-refractivity contribution in [3.05, 3.63) is 71.3 Å². The second-order valence-corrected chi connectivity index (χ2v) is 6.01. The fourth-order valence-corrected chi connectivity index (χ4v) is 2.91. The third-order valence-electron chi connectivity index (χ3n) is 3.40. The van der Waals surface area contributed by atoms with Crippen LogP contribution in [0.25, 0.3) is 0 Å². The summed E-state index contributed by atoms with van der Waals surface area (Å²) in [4.78, 5) is 12.9. The molecule has 1 atom stereocenters. The van der Waals surface area contributed by atoms with Crippen molar-refractivity contribution in [2.75, 3.05) is 5.75 Å². The van der Waals surface area contributed by atoms with E-state index >= 15 is 0 Å². The van der Waals surface area contributed by atoms with Crippen LogP contribution in [0.15, 0.2) is 59.7 Å². The maximum atomic E-state index is 12.9. The van der Waals surface area contributed by atoms with Crippen molar-refractivity contribution in [2.24, 2.45) is 5.10 Å². The van der Waals surface area contributed by atoms with Gasteiger partial charge in [-0.3, -0.25) is 4.79 Å². The van der Waals surface area contributed by atoms with Gasteiger partial charge in [0.25, 0.3) is 0 Å². The van der Waals surface area contributed by atoms with Gasteiger partial charge in [-0.05, 0) is 30.5 Å². The highest BCUT2D eigenvalue weighted by Gasteiger charge is 2.25. The van der Waals surface area contributed by atoms with E-state index in [1.807, 2.05) is 67.7 Å². The number of hydrogen-bond donors (Lipinski definition) is 1. The molecule has 22 heavy (non-hydrogen) atoms. The summed E-state index contributed by atoms with van der Waals surface area (Å²) in [6.07, 6.45) is 1.82. The number of aryl methyl sites for hydroxylation is 1. The van der Waals surface area contributed by atoms with Crippen molar-refractivity contribution < 1.29 is 4.79 Å². The van der Waals surface area contributed by atoms with Crippen molar-refractivity contribution in [3.63, 3.8) is 0 Å². The number of nitrogens with one attached hydrogen (secondary N) is 1. The lowest BCUT2D eigenvalue weighted by Gasteiger charge is -2.22. The van der Waals surface area contributed by atoms with Crippen LogP contribution in [0.5, 0.6) is 0 Å². The van der Waals surface area contributed by atoms with E-state index < -0.39 is 6.04 Å². The van der Waals surface area contributed by atoms with Crippen LogP contribution < -0.4 is 5.43 Å². The Morgan fingerprint density at radius 3 is 2.73 bits per heavy atom. The first-order valence-corrected chi connectivity index (χ1v) is 8.06. The molecule has 0 spiro atoms. The molecule has 1 heterocycles. The van der Waals surface area contributed by atoms with Crippen molar-refractivity contribution in [1.29, 1.82) is 0 Å². The molecule has 0 saturated heterocycles. The van der Waals surface area contributed by atoms with Crippen LogP contribution in [-0.2, 0) is 0 Å². The van der Waals surface area contributed by atoms with Gasteiger partial charge in [-0.15, -0.1) is 0 Å². The van der Waals surface area contributed by atoms with Crippen molar-refractivity contribution in [1.82, 2.24) is 9.95 Å². The summed E-state index contributed by atoms with van der Waals surface area (Å²) in [7, 11) is 0. The van der Waals surface area contributed by atoms with Gasteiger partial charge in [0.2, 0.25) is 0 Å². The fourth-order valence-electron chi connectivity index (χ4n) is 2.32. The smallest absolute Gasteiger partial charge is 0.186 e. The molecular formula is C17H17N3OS. The predicted molar refractivity (Wildman–Crippen MR) is 90.6 cm³/mol. The SMILES string of the molecule is Cc1cccc(C(=O)C(NN2N=CCS2)c2ccccc2)c1. The van der Waals surface area contributed by atoms with E-state index in [-0.39, 0.29) is 5.78 Å². The molecule has 0 amide bonds. The first-order valence-electron chi connectivity index (χ1n) is 7.11. The van der Waals surface area contributed by atoms with Gasteiger partial charge in [0.05, 0.1) is 5.75 Å². The molecule has 1 aliphatic heterocycles. The lowest BCUT2D eigenvalue weighted by Crippen LogP contribution is -2.35. The summed E-state index contributed by atoms with van der Waals surface area (Å²) >= 11 is 1.53. The van der Waals surface area contributed by atoms with Crippen LogP contribution >= 0.6 is 11.9 Å². The van der Waals surface area contributed by atoms with Crippen molar-refractivity contribution in [3.8, 4) is 0 Å². The molecule has 0 bridgehead atoms. The highest BCUT2D eigenvalue weighted by atomic mass is 32.2. The maximum absolute atomic E-state index is 12.9. The van der Waals surface area contributed by atoms with E-state index in [0.717, 1.165) is 16.9 Å². The minimum atomic E-state index is -0.453. The third kappa shape index (κ3) is 3.37. The quantitative estimate of drug-likeness (QED) is 0.679. The number of hydrazine groups is 1. The first kappa shape index (κ1) is 14.8. The van der Waals surface area contributed by atoms with E-state index in [4.69, 9.17) is 0 Å². The van der Waals surface area contributed by atoms with E-state index in [1.54, 1.807) is 4.52 Å². The molecular weight excluding hydrogens is 294 g/mol. The summed E-state index contributed by atoms with van der Waals surface area (Å²) in [5.74, 6) is 0.852. The number of nitrogens with zero attached hydrogens (tertiary/aromatic N) is 2. The average molecular weight is 311 g/mol. The van der Waals surface area contributed by atoms with E-state index in [1.165, 1.54) is 11.9 Å². The standard InChI is InChI=1S/C17H17N3OS/c1-13-6-5-9-15(12-13)17(21)16(14-7-3-2-4-8-14)19-20-18-10-11-22-20/h2-10,12,16,19H,11H2,1H3. The number of hydrogen-bond acceptors (Lipinski definition) is 5. The van der Waals surface area contributed by atoms with Gasteiger partial charge in [-0.2, -0.15) is 15.1 Å². The van der Waals surface area contributed by atoms with E-state index in [0.29, 0.717) is 5.56 Å². The molecule has 3 rings (SSSR count). The number of carbonyl (C=O) groups excluding carboxylic acids is 1. The monoisotopic (exact) mass is 311 g/mol. The molecule has 2 aromatic rings. The second kappa shape index (κ2) is 6.77. The number of carbonyl (C=O) groups is 1. The molecule has 5 heteroatoms. The number of benzene rings is 2. The Hall–Kier alpha value is -2.11. The average Bonchev–Trinajstić information content (AvgIpc) is 3.06. The molecule has 1 aliphatic rings. The Balaban J connectivity index is 1.90. The van der Waals surface area contributed by atoms with Crippen LogP contribution in [0.4, 0.5) is 0 Å². The normalized spacial score (nSPS) is 15.0. The molecule has 1 N–H and O–H groups in total. The van der Waals surface area contributed by atoms with Gasteiger partial charge in [0.1, 0.15) is 6.04 Å².